The monoisotopic (exact) mass is 325 g/mol. The molecule has 3 nitrogen and oxygen atoms in total. The van der Waals surface area contributed by atoms with Crippen LogP contribution in [0, 0.1) is 0 Å². The molecule has 1 fully saturated rings. The SMILES string of the molecule is CC(NC1CCOc2ccc(Br)cc21)C1CCCO1. The highest BCUT2D eigenvalue weighted by atomic mass is 79.9. The number of fused-ring (bicyclic) bond motifs is 1. The third kappa shape index (κ3) is 2.96. The average Bonchev–Trinajstić information content (AvgIpc) is 2.93. The minimum Gasteiger partial charge on any atom is -0.493 e. The molecule has 3 rings (SSSR count). The highest BCUT2D eigenvalue weighted by Gasteiger charge is 2.28. The van der Waals surface area contributed by atoms with Crippen molar-refractivity contribution in [3.8, 4) is 5.75 Å². The summed E-state index contributed by atoms with van der Waals surface area (Å²) in [4.78, 5) is 0. The van der Waals surface area contributed by atoms with Crippen LogP contribution in [0.3, 0.4) is 0 Å². The number of nitrogens with one attached hydrogen (secondary N) is 1. The number of hydrogen-bond acceptors (Lipinski definition) is 3. The standard InChI is InChI=1S/C15H20BrNO2/c1-10(14-3-2-7-18-14)17-13-6-8-19-15-5-4-11(16)9-12(13)15/h4-5,9-10,13-14,17H,2-3,6-8H2,1H3. The van der Waals surface area contributed by atoms with Crippen molar-refractivity contribution in [1.29, 1.82) is 0 Å². The van der Waals surface area contributed by atoms with E-state index < -0.39 is 0 Å². The molecule has 0 spiro atoms. The summed E-state index contributed by atoms with van der Waals surface area (Å²) >= 11 is 3.54. The number of halogens is 1. The molecule has 19 heavy (non-hydrogen) atoms. The first-order valence-corrected chi connectivity index (χ1v) is 7.83. The number of ether oxygens (including phenoxy) is 2. The fraction of sp³-hybridized carbons (Fsp3) is 0.600. The quantitative estimate of drug-likeness (QED) is 0.923. The molecule has 1 saturated heterocycles. The second-order valence-electron chi connectivity index (χ2n) is 5.38. The molecule has 0 aromatic heterocycles. The van der Waals surface area contributed by atoms with Crippen LogP contribution in [0.25, 0.3) is 0 Å². The Hall–Kier alpha value is -0.580. The Balaban J connectivity index is 1.73. The van der Waals surface area contributed by atoms with Gasteiger partial charge in [-0.25, -0.2) is 0 Å². The molecule has 0 aliphatic carbocycles. The van der Waals surface area contributed by atoms with E-state index in [1.807, 2.05) is 12.1 Å². The molecule has 0 amide bonds. The Bertz CT molecular complexity index is 446. The summed E-state index contributed by atoms with van der Waals surface area (Å²) in [6.45, 7) is 3.92. The lowest BCUT2D eigenvalue weighted by Crippen LogP contribution is -2.40. The van der Waals surface area contributed by atoms with Gasteiger partial charge in [-0.15, -0.1) is 0 Å². The molecular weight excluding hydrogens is 306 g/mol. The van der Waals surface area contributed by atoms with Crippen LogP contribution in [0.5, 0.6) is 5.75 Å². The van der Waals surface area contributed by atoms with Crippen molar-refractivity contribution in [2.24, 2.45) is 0 Å². The second-order valence-corrected chi connectivity index (χ2v) is 6.29. The van der Waals surface area contributed by atoms with Crippen LogP contribution >= 0.6 is 15.9 Å². The average molecular weight is 326 g/mol. The Morgan fingerprint density at radius 3 is 3.00 bits per heavy atom. The van der Waals surface area contributed by atoms with Gasteiger partial charge in [-0.1, -0.05) is 15.9 Å². The van der Waals surface area contributed by atoms with Gasteiger partial charge in [0.05, 0.1) is 12.7 Å². The molecule has 2 heterocycles. The van der Waals surface area contributed by atoms with Crippen molar-refractivity contribution in [2.75, 3.05) is 13.2 Å². The van der Waals surface area contributed by atoms with Gasteiger partial charge in [0.1, 0.15) is 5.75 Å². The Morgan fingerprint density at radius 1 is 1.32 bits per heavy atom. The topological polar surface area (TPSA) is 30.5 Å². The molecule has 2 aliphatic heterocycles. The third-order valence-electron chi connectivity index (χ3n) is 4.00. The zero-order valence-corrected chi connectivity index (χ0v) is 12.8. The summed E-state index contributed by atoms with van der Waals surface area (Å²) in [5.41, 5.74) is 1.26. The zero-order valence-electron chi connectivity index (χ0n) is 11.2. The lowest BCUT2D eigenvalue weighted by atomic mass is 9.98. The molecule has 104 valence electrons. The number of benzene rings is 1. The van der Waals surface area contributed by atoms with Gasteiger partial charge in [0.15, 0.2) is 0 Å². The first-order chi connectivity index (χ1) is 9.24. The Labute approximate surface area is 122 Å². The minimum absolute atomic E-state index is 0.360. The van der Waals surface area contributed by atoms with Gasteiger partial charge in [-0.3, -0.25) is 0 Å². The zero-order chi connectivity index (χ0) is 13.2. The third-order valence-corrected chi connectivity index (χ3v) is 4.49. The van der Waals surface area contributed by atoms with Crippen LogP contribution in [-0.2, 0) is 4.74 Å². The molecule has 1 aromatic carbocycles. The number of hydrogen-bond donors (Lipinski definition) is 1. The predicted molar refractivity (Wildman–Crippen MR) is 78.6 cm³/mol. The second kappa shape index (κ2) is 5.81. The van der Waals surface area contributed by atoms with Crippen LogP contribution in [0.15, 0.2) is 22.7 Å². The van der Waals surface area contributed by atoms with E-state index in [-0.39, 0.29) is 0 Å². The van der Waals surface area contributed by atoms with E-state index in [4.69, 9.17) is 9.47 Å². The normalized spacial score (nSPS) is 27.7. The smallest absolute Gasteiger partial charge is 0.124 e. The predicted octanol–water partition coefficient (Wildman–Crippen LogP) is 3.43. The first kappa shape index (κ1) is 13.4. The summed E-state index contributed by atoms with van der Waals surface area (Å²) in [5, 5.41) is 3.72. The fourth-order valence-corrected chi connectivity index (χ4v) is 3.34. The van der Waals surface area contributed by atoms with E-state index >= 15 is 0 Å². The van der Waals surface area contributed by atoms with Gasteiger partial charge in [0, 0.05) is 35.1 Å². The summed E-state index contributed by atoms with van der Waals surface area (Å²) in [6, 6.07) is 6.99. The van der Waals surface area contributed by atoms with E-state index in [0.29, 0.717) is 18.2 Å². The maximum atomic E-state index is 5.76. The molecule has 0 saturated carbocycles. The van der Waals surface area contributed by atoms with Crippen molar-refractivity contribution in [3.63, 3.8) is 0 Å². The fourth-order valence-electron chi connectivity index (χ4n) is 2.96. The molecule has 0 bridgehead atoms. The molecule has 0 radical (unpaired) electrons. The lowest BCUT2D eigenvalue weighted by molar-refractivity contribution is 0.0769. The van der Waals surface area contributed by atoms with E-state index in [9.17, 15) is 0 Å². The minimum atomic E-state index is 0.360. The van der Waals surface area contributed by atoms with Gasteiger partial charge in [-0.05, 0) is 38.0 Å². The highest BCUT2D eigenvalue weighted by Crippen LogP contribution is 2.34. The Morgan fingerprint density at radius 2 is 2.21 bits per heavy atom. The lowest BCUT2D eigenvalue weighted by Gasteiger charge is -2.31. The van der Waals surface area contributed by atoms with Crippen LogP contribution in [0.4, 0.5) is 0 Å². The van der Waals surface area contributed by atoms with E-state index in [0.717, 1.165) is 29.9 Å². The number of rotatable bonds is 3. The molecule has 1 N–H and O–H groups in total. The summed E-state index contributed by atoms with van der Waals surface area (Å²) < 4.78 is 12.6. The van der Waals surface area contributed by atoms with Crippen molar-refractivity contribution < 1.29 is 9.47 Å². The van der Waals surface area contributed by atoms with E-state index in [1.165, 1.54) is 18.4 Å². The molecule has 3 atom stereocenters. The van der Waals surface area contributed by atoms with Crippen LogP contribution in [-0.4, -0.2) is 25.4 Å². The van der Waals surface area contributed by atoms with Crippen molar-refractivity contribution in [3.05, 3.63) is 28.2 Å². The molecule has 2 aliphatic rings. The Kier molecular flexibility index (Phi) is 4.10. The van der Waals surface area contributed by atoms with Crippen LogP contribution in [0.2, 0.25) is 0 Å². The molecule has 1 aromatic rings. The summed E-state index contributed by atoms with van der Waals surface area (Å²) in [6.07, 6.45) is 3.73. The summed E-state index contributed by atoms with van der Waals surface area (Å²) in [5.74, 6) is 1.01. The van der Waals surface area contributed by atoms with Gasteiger partial charge in [0.25, 0.3) is 0 Å². The van der Waals surface area contributed by atoms with E-state index in [2.05, 4.69) is 34.2 Å². The van der Waals surface area contributed by atoms with Crippen molar-refractivity contribution in [1.82, 2.24) is 5.32 Å². The van der Waals surface area contributed by atoms with Gasteiger partial charge >= 0.3 is 0 Å². The maximum Gasteiger partial charge on any atom is 0.124 e. The first-order valence-electron chi connectivity index (χ1n) is 7.04. The van der Waals surface area contributed by atoms with Crippen LogP contribution < -0.4 is 10.1 Å². The van der Waals surface area contributed by atoms with Crippen LogP contribution in [0.1, 0.15) is 37.8 Å². The maximum absolute atomic E-state index is 5.76. The molecule has 4 heteroatoms. The molecular formula is C15H20BrNO2. The highest BCUT2D eigenvalue weighted by molar-refractivity contribution is 9.10. The van der Waals surface area contributed by atoms with Crippen molar-refractivity contribution in [2.45, 2.75) is 44.4 Å². The van der Waals surface area contributed by atoms with E-state index in [1.54, 1.807) is 0 Å². The van der Waals surface area contributed by atoms with Crippen molar-refractivity contribution >= 4 is 15.9 Å². The molecule has 3 unspecified atom stereocenters. The largest absolute Gasteiger partial charge is 0.493 e. The van der Waals surface area contributed by atoms with Gasteiger partial charge in [0.2, 0.25) is 0 Å². The van der Waals surface area contributed by atoms with Gasteiger partial charge < -0.3 is 14.8 Å². The summed E-state index contributed by atoms with van der Waals surface area (Å²) in [7, 11) is 0. The van der Waals surface area contributed by atoms with Gasteiger partial charge in [-0.2, -0.15) is 0 Å².